The molecule has 1 aromatic rings. The number of carbonyl (C=O) groups excluding carboxylic acids is 7. The molecule has 57 heavy (non-hydrogen) atoms. The van der Waals surface area contributed by atoms with Crippen LogP contribution in [0.25, 0.3) is 0 Å². The molecule has 1 saturated heterocycles. The molecule has 0 aromatic heterocycles. The molecule has 318 valence electrons. The SMILES string of the molecule is CCCC(NC(=O)[C@@H]1C[C@@H](OC(C)(C)C)CN1C(=O)[C@@H](NC(=O)OCC(C)C)C1CCCCC1)C(=O)C(=O)NCC(=O)N[C@H](C(=O)OC(C)(C)C)c1ccccc1. The van der Waals surface area contributed by atoms with Crippen LogP contribution in [0.3, 0.4) is 0 Å². The van der Waals surface area contributed by atoms with E-state index in [2.05, 4.69) is 21.3 Å². The quantitative estimate of drug-likeness (QED) is 0.130. The number of benzene rings is 1. The minimum Gasteiger partial charge on any atom is -0.458 e. The second kappa shape index (κ2) is 21.3. The largest absolute Gasteiger partial charge is 0.458 e. The third-order valence-corrected chi connectivity index (χ3v) is 9.50. The summed E-state index contributed by atoms with van der Waals surface area (Å²) in [6, 6.07) is 4.05. The number of hydrogen-bond acceptors (Lipinski definition) is 10. The van der Waals surface area contributed by atoms with Crippen LogP contribution in [0, 0.1) is 11.8 Å². The Labute approximate surface area is 337 Å². The van der Waals surface area contributed by atoms with Crippen molar-refractivity contribution in [1.29, 1.82) is 0 Å². The highest BCUT2D eigenvalue weighted by Gasteiger charge is 2.46. The Bertz CT molecular complexity index is 1550. The first-order valence-corrected chi connectivity index (χ1v) is 20.3. The molecule has 15 nitrogen and oxygen atoms in total. The van der Waals surface area contributed by atoms with Crippen LogP contribution in [0.4, 0.5) is 4.79 Å². The molecule has 1 unspecified atom stereocenters. The molecule has 5 amide bonds. The number of hydrogen-bond donors (Lipinski definition) is 4. The molecule has 5 atom stereocenters. The number of rotatable bonds is 17. The van der Waals surface area contributed by atoms with Gasteiger partial charge < -0.3 is 40.4 Å². The van der Waals surface area contributed by atoms with Crippen LogP contribution in [0.15, 0.2) is 30.3 Å². The number of amides is 5. The normalized spacial score (nSPS) is 19.2. The second-order valence-electron chi connectivity index (χ2n) is 17.4. The monoisotopic (exact) mass is 799 g/mol. The van der Waals surface area contributed by atoms with Crippen molar-refractivity contribution in [3.63, 3.8) is 0 Å². The number of Topliss-reactive ketones (excluding diaryl/α,β-unsaturated/α-hetero) is 1. The Hall–Kier alpha value is -4.53. The van der Waals surface area contributed by atoms with Gasteiger partial charge >= 0.3 is 12.1 Å². The van der Waals surface area contributed by atoms with Gasteiger partial charge in [0.15, 0.2) is 6.04 Å². The van der Waals surface area contributed by atoms with Gasteiger partial charge in [-0.05, 0) is 78.2 Å². The first kappa shape index (κ1) is 46.8. The molecular weight excluding hydrogens is 734 g/mol. The number of carbonyl (C=O) groups is 7. The maximum Gasteiger partial charge on any atom is 0.407 e. The number of nitrogens with zero attached hydrogens (tertiary/aromatic N) is 1. The molecule has 1 heterocycles. The summed E-state index contributed by atoms with van der Waals surface area (Å²) in [6.07, 6.45) is 3.71. The van der Waals surface area contributed by atoms with Crippen molar-refractivity contribution in [2.24, 2.45) is 11.8 Å². The molecule has 3 rings (SSSR count). The van der Waals surface area contributed by atoms with Gasteiger partial charge in [-0.2, -0.15) is 0 Å². The maximum atomic E-state index is 14.4. The molecule has 1 aromatic carbocycles. The molecule has 0 spiro atoms. The molecule has 1 saturated carbocycles. The fourth-order valence-corrected chi connectivity index (χ4v) is 7.04. The van der Waals surface area contributed by atoms with E-state index < -0.39 is 89.5 Å². The third kappa shape index (κ3) is 15.4. The molecule has 0 radical (unpaired) electrons. The van der Waals surface area contributed by atoms with Crippen LogP contribution < -0.4 is 21.3 Å². The van der Waals surface area contributed by atoms with E-state index in [4.69, 9.17) is 14.2 Å². The van der Waals surface area contributed by atoms with E-state index in [0.29, 0.717) is 12.0 Å². The van der Waals surface area contributed by atoms with Gasteiger partial charge in [0.2, 0.25) is 23.5 Å². The van der Waals surface area contributed by atoms with Gasteiger partial charge in [0.1, 0.15) is 17.7 Å². The predicted molar refractivity (Wildman–Crippen MR) is 212 cm³/mol. The summed E-state index contributed by atoms with van der Waals surface area (Å²) < 4.78 is 17.1. The van der Waals surface area contributed by atoms with Crippen LogP contribution in [-0.2, 0) is 43.0 Å². The first-order valence-electron chi connectivity index (χ1n) is 20.3. The predicted octanol–water partition coefficient (Wildman–Crippen LogP) is 4.27. The zero-order chi connectivity index (χ0) is 42.5. The highest BCUT2D eigenvalue weighted by atomic mass is 16.6. The topological polar surface area (TPSA) is 199 Å². The summed E-state index contributed by atoms with van der Waals surface area (Å²) >= 11 is 0. The summed E-state index contributed by atoms with van der Waals surface area (Å²) in [5.41, 5.74) is -0.951. The van der Waals surface area contributed by atoms with E-state index in [1.54, 1.807) is 58.0 Å². The molecule has 2 fully saturated rings. The minimum atomic E-state index is -1.26. The lowest BCUT2D eigenvalue weighted by Gasteiger charge is -2.34. The third-order valence-electron chi connectivity index (χ3n) is 9.50. The average Bonchev–Trinajstić information content (AvgIpc) is 3.55. The summed E-state index contributed by atoms with van der Waals surface area (Å²) in [5.74, 6) is -4.67. The van der Waals surface area contributed by atoms with Crippen LogP contribution in [0.5, 0.6) is 0 Å². The fraction of sp³-hybridized carbons (Fsp3) is 0.690. The van der Waals surface area contributed by atoms with Crippen LogP contribution in [-0.4, -0.2) is 102 Å². The van der Waals surface area contributed by atoms with Crippen LogP contribution in [0.1, 0.15) is 125 Å². The second-order valence-corrected chi connectivity index (χ2v) is 17.4. The van der Waals surface area contributed by atoms with Gasteiger partial charge in [-0.25, -0.2) is 9.59 Å². The zero-order valence-electron chi connectivity index (χ0n) is 35.2. The average molecular weight is 800 g/mol. The highest BCUT2D eigenvalue weighted by molar-refractivity contribution is 6.38. The van der Waals surface area contributed by atoms with Crippen LogP contribution >= 0.6 is 0 Å². The molecular formula is C42H65N5O10. The fourth-order valence-electron chi connectivity index (χ4n) is 7.04. The van der Waals surface area contributed by atoms with Gasteiger partial charge in [-0.1, -0.05) is 76.8 Å². The highest BCUT2D eigenvalue weighted by Crippen LogP contribution is 2.31. The smallest absolute Gasteiger partial charge is 0.407 e. The minimum absolute atomic E-state index is 0.0788. The van der Waals surface area contributed by atoms with E-state index in [9.17, 15) is 33.6 Å². The molecule has 15 heteroatoms. The van der Waals surface area contributed by atoms with Gasteiger partial charge in [0.25, 0.3) is 5.91 Å². The number of esters is 1. The number of ketones is 1. The number of likely N-dealkylation sites (tertiary alicyclic amines) is 1. The standard InChI is InChI=1S/C42H65N5O10/c1-10-17-30(35(49)37(51)43-23-32(48)45-34(28-20-15-12-16-21-28)39(53)57-42(7,8)9)44-36(50)31-22-29(56-41(4,5)6)24-47(31)38(52)33(27-18-13-11-14-19-27)46-40(54)55-25-26(2)3/h12,15-16,20-21,26-27,29-31,33-34H,10-11,13-14,17-19,22-25H2,1-9H3,(H,43,51)(H,44,50)(H,45,48)(H,46,54)/t29-,30?,31+,33+,34+/m1/s1. The van der Waals surface area contributed by atoms with Crippen molar-refractivity contribution in [1.82, 2.24) is 26.2 Å². The maximum absolute atomic E-state index is 14.4. The van der Waals surface area contributed by atoms with Crippen molar-refractivity contribution >= 4 is 41.5 Å². The Morgan fingerprint density at radius 3 is 2.09 bits per heavy atom. The van der Waals surface area contributed by atoms with Gasteiger partial charge in [0, 0.05) is 13.0 Å². The number of nitrogens with one attached hydrogen (secondary N) is 4. The molecule has 2 aliphatic rings. The molecule has 1 aliphatic heterocycles. The Morgan fingerprint density at radius 1 is 0.860 bits per heavy atom. The zero-order valence-corrected chi connectivity index (χ0v) is 35.2. The lowest BCUT2D eigenvalue weighted by Crippen LogP contribution is -2.58. The number of alkyl carbamates (subject to hydrolysis) is 1. The van der Waals surface area contributed by atoms with Gasteiger partial charge in [0.05, 0.1) is 30.9 Å². The Kier molecular flexibility index (Phi) is 17.5. The van der Waals surface area contributed by atoms with Crippen LogP contribution in [0.2, 0.25) is 0 Å². The lowest BCUT2D eigenvalue weighted by atomic mass is 9.83. The Balaban J connectivity index is 1.76. The van der Waals surface area contributed by atoms with E-state index in [0.717, 1.165) is 32.1 Å². The van der Waals surface area contributed by atoms with E-state index in [1.807, 2.05) is 34.6 Å². The summed E-state index contributed by atoms with van der Waals surface area (Å²) in [7, 11) is 0. The summed E-state index contributed by atoms with van der Waals surface area (Å²) in [6.45, 7) is 16.0. The molecule has 4 N–H and O–H groups in total. The van der Waals surface area contributed by atoms with Gasteiger partial charge in [-0.15, -0.1) is 0 Å². The van der Waals surface area contributed by atoms with E-state index >= 15 is 0 Å². The number of ether oxygens (including phenoxy) is 3. The Morgan fingerprint density at radius 2 is 1.51 bits per heavy atom. The summed E-state index contributed by atoms with van der Waals surface area (Å²) in [4.78, 5) is 95.6. The van der Waals surface area contributed by atoms with Crippen molar-refractivity contribution in [3.8, 4) is 0 Å². The van der Waals surface area contributed by atoms with Crippen molar-refractivity contribution in [3.05, 3.63) is 35.9 Å². The van der Waals surface area contributed by atoms with Gasteiger partial charge in [-0.3, -0.25) is 24.0 Å². The first-order chi connectivity index (χ1) is 26.7. The van der Waals surface area contributed by atoms with Crippen molar-refractivity contribution < 1.29 is 47.8 Å². The lowest BCUT2D eigenvalue weighted by molar-refractivity contribution is -0.158. The van der Waals surface area contributed by atoms with E-state index in [1.165, 1.54) is 4.90 Å². The summed E-state index contributed by atoms with van der Waals surface area (Å²) in [5, 5.41) is 10.4. The van der Waals surface area contributed by atoms with E-state index in [-0.39, 0.29) is 37.8 Å². The molecule has 1 aliphatic carbocycles. The van der Waals surface area contributed by atoms with Crippen molar-refractivity contribution in [2.75, 3.05) is 19.7 Å². The van der Waals surface area contributed by atoms with Crippen molar-refractivity contribution in [2.45, 2.75) is 155 Å². The molecule has 0 bridgehead atoms.